The summed E-state index contributed by atoms with van der Waals surface area (Å²) in [4.78, 5) is 14.1. The topological polar surface area (TPSA) is 42.0 Å². The first-order valence-electron chi connectivity index (χ1n) is 2.76. The van der Waals surface area contributed by atoms with E-state index in [0.29, 0.717) is 10.7 Å². The van der Waals surface area contributed by atoms with Crippen LogP contribution in [0.3, 0.4) is 0 Å². The van der Waals surface area contributed by atoms with Crippen molar-refractivity contribution in [3.05, 3.63) is 23.5 Å². The van der Waals surface area contributed by atoms with Gasteiger partial charge in [-0.15, -0.1) is 0 Å². The fourth-order valence-corrected chi connectivity index (χ4v) is 0.830. The number of amides is 1. The number of carbonyl (C=O) groups excluding carboxylic acids is 1. The molecule has 1 N–H and O–H groups in total. The largest absolute Gasteiger partial charge is 0.318 e. The van der Waals surface area contributed by atoms with E-state index in [1.807, 2.05) is 0 Å². The first-order valence-corrected chi connectivity index (χ1v) is 3.52. The van der Waals surface area contributed by atoms with E-state index in [2.05, 4.69) is 10.3 Å². The molecule has 58 valence electrons. The van der Waals surface area contributed by atoms with Crippen LogP contribution in [0, 0.1) is 0 Å². The lowest BCUT2D eigenvalue weighted by atomic mass is 10.4. The normalized spacial score (nSPS) is 9.27. The van der Waals surface area contributed by atoms with Gasteiger partial charge < -0.3 is 5.32 Å². The molecule has 5 heteroatoms. The lowest BCUT2D eigenvalue weighted by molar-refractivity contribution is 0.269. The van der Waals surface area contributed by atoms with Crippen molar-refractivity contribution < 1.29 is 4.79 Å². The number of rotatable bonds is 1. The van der Waals surface area contributed by atoms with Crippen molar-refractivity contribution in [2.24, 2.45) is 0 Å². The van der Waals surface area contributed by atoms with Gasteiger partial charge in [0.2, 0.25) is 0 Å². The van der Waals surface area contributed by atoms with Crippen molar-refractivity contribution in [3.8, 4) is 0 Å². The second-order valence-corrected chi connectivity index (χ2v) is 2.50. The lowest BCUT2D eigenvalue weighted by Crippen LogP contribution is -2.01. The predicted molar refractivity (Wildman–Crippen MR) is 44.1 cm³/mol. The zero-order chi connectivity index (χ0) is 8.27. The van der Waals surface area contributed by atoms with Gasteiger partial charge in [-0.2, -0.15) is 0 Å². The molecular weight excluding hydrogens is 187 g/mol. The van der Waals surface area contributed by atoms with Crippen LogP contribution in [0.5, 0.6) is 0 Å². The third kappa shape index (κ3) is 2.37. The van der Waals surface area contributed by atoms with Gasteiger partial charge in [0.25, 0.3) is 0 Å². The standard InChI is InChI=1S/C6H4Cl2N2O/c7-4-1-2-9-3-5(4)10-6(8)11/h1-3H,(H,10,11). The molecule has 0 unspecified atom stereocenters. The van der Waals surface area contributed by atoms with Crippen LogP contribution in [0.1, 0.15) is 0 Å². The van der Waals surface area contributed by atoms with E-state index in [-0.39, 0.29) is 0 Å². The zero-order valence-electron chi connectivity index (χ0n) is 5.34. The molecular formula is C6H4Cl2N2O. The molecule has 1 aromatic rings. The summed E-state index contributed by atoms with van der Waals surface area (Å²) in [5.74, 6) is 0. The fraction of sp³-hybridized carbons (Fsp3) is 0. The van der Waals surface area contributed by atoms with Gasteiger partial charge in [0.15, 0.2) is 0 Å². The Kier molecular flexibility index (Phi) is 2.68. The molecule has 0 aromatic carbocycles. The van der Waals surface area contributed by atoms with Gasteiger partial charge in [0, 0.05) is 6.20 Å². The Morgan fingerprint density at radius 1 is 1.64 bits per heavy atom. The predicted octanol–water partition coefficient (Wildman–Crippen LogP) is 2.51. The monoisotopic (exact) mass is 190 g/mol. The molecule has 0 aliphatic carbocycles. The Hall–Kier alpha value is -0.800. The smallest absolute Gasteiger partial charge is 0.310 e. The minimum Gasteiger partial charge on any atom is -0.310 e. The van der Waals surface area contributed by atoms with Crippen LogP contribution in [0.2, 0.25) is 5.02 Å². The molecule has 0 atom stereocenters. The summed E-state index contributed by atoms with van der Waals surface area (Å²) in [7, 11) is 0. The molecule has 1 aromatic heterocycles. The van der Waals surface area contributed by atoms with Gasteiger partial charge >= 0.3 is 5.37 Å². The Bertz CT molecular complexity index is 277. The van der Waals surface area contributed by atoms with Gasteiger partial charge in [0.1, 0.15) is 0 Å². The first-order chi connectivity index (χ1) is 5.20. The number of halogens is 2. The molecule has 0 saturated carbocycles. The maximum Gasteiger partial charge on any atom is 0.318 e. The second kappa shape index (κ2) is 3.55. The number of nitrogens with zero attached hydrogens (tertiary/aromatic N) is 1. The Labute approximate surface area is 73.3 Å². The average Bonchev–Trinajstić information content (AvgIpc) is 1.93. The van der Waals surface area contributed by atoms with Crippen LogP contribution in [-0.2, 0) is 0 Å². The van der Waals surface area contributed by atoms with Crippen LogP contribution < -0.4 is 5.32 Å². The van der Waals surface area contributed by atoms with Crippen LogP contribution in [0.25, 0.3) is 0 Å². The van der Waals surface area contributed by atoms with Crippen LogP contribution >= 0.6 is 23.2 Å². The summed E-state index contributed by atoms with van der Waals surface area (Å²) in [5, 5.41) is 2.04. The van der Waals surface area contributed by atoms with Crippen molar-refractivity contribution in [2.75, 3.05) is 5.32 Å². The van der Waals surface area contributed by atoms with Crippen molar-refractivity contribution >= 4 is 34.3 Å². The number of carbonyl (C=O) groups is 1. The number of pyridine rings is 1. The SMILES string of the molecule is O=C(Cl)Nc1cnccc1Cl. The van der Waals surface area contributed by atoms with Crippen LogP contribution in [0.4, 0.5) is 10.5 Å². The molecule has 0 aliphatic rings. The minimum atomic E-state index is -0.681. The van der Waals surface area contributed by atoms with Gasteiger partial charge in [0.05, 0.1) is 16.9 Å². The molecule has 0 aliphatic heterocycles. The molecule has 3 nitrogen and oxygen atoms in total. The highest BCUT2D eigenvalue weighted by Crippen LogP contribution is 2.19. The summed E-state index contributed by atoms with van der Waals surface area (Å²) in [6.07, 6.45) is 2.94. The summed E-state index contributed by atoms with van der Waals surface area (Å²) in [6, 6.07) is 1.56. The molecule has 11 heavy (non-hydrogen) atoms. The summed E-state index contributed by atoms with van der Waals surface area (Å²) < 4.78 is 0. The molecule has 0 fully saturated rings. The molecule has 0 saturated heterocycles. The third-order valence-corrected chi connectivity index (χ3v) is 1.42. The van der Waals surface area contributed by atoms with E-state index < -0.39 is 5.37 Å². The summed E-state index contributed by atoms with van der Waals surface area (Å²) in [5.41, 5.74) is 0.411. The zero-order valence-corrected chi connectivity index (χ0v) is 6.86. The third-order valence-electron chi connectivity index (χ3n) is 1.00. The van der Waals surface area contributed by atoms with E-state index in [1.165, 1.54) is 12.4 Å². The number of hydrogen-bond donors (Lipinski definition) is 1. The molecule has 0 radical (unpaired) electrons. The highest BCUT2D eigenvalue weighted by Gasteiger charge is 2.00. The lowest BCUT2D eigenvalue weighted by Gasteiger charge is -2.00. The number of aromatic nitrogens is 1. The van der Waals surface area contributed by atoms with Gasteiger partial charge in [-0.1, -0.05) is 11.6 Å². The second-order valence-electron chi connectivity index (χ2n) is 1.75. The average molecular weight is 191 g/mol. The van der Waals surface area contributed by atoms with Gasteiger partial charge in [-0.3, -0.25) is 9.78 Å². The Balaban J connectivity index is 2.86. The summed E-state index contributed by atoms with van der Waals surface area (Å²) >= 11 is 10.7. The van der Waals surface area contributed by atoms with Crippen molar-refractivity contribution in [1.82, 2.24) is 4.98 Å². The van der Waals surface area contributed by atoms with Crippen LogP contribution in [-0.4, -0.2) is 10.4 Å². The minimum absolute atomic E-state index is 0.411. The van der Waals surface area contributed by atoms with E-state index in [1.54, 1.807) is 6.07 Å². The van der Waals surface area contributed by atoms with E-state index >= 15 is 0 Å². The Morgan fingerprint density at radius 2 is 2.36 bits per heavy atom. The maximum atomic E-state index is 10.3. The number of anilines is 1. The molecule has 0 bridgehead atoms. The quantitative estimate of drug-likeness (QED) is 0.547. The first kappa shape index (κ1) is 8.30. The van der Waals surface area contributed by atoms with Gasteiger partial charge in [-0.25, -0.2) is 0 Å². The Morgan fingerprint density at radius 3 is 2.91 bits per heavy atom. The molecule has 1 amide bonds. The van der Waals surface area contributed by atoms with Crippen molar-refractivity contribution in [3.63, 3.8) is 0 Å². The maximum absolute atomic E-state index is 10.3. The molecule has 1 rings (SSSR count). The van der Waals surface area contributed by atoms with E-state index in [0.717, 1.165) is 0 Å². The number of hydrogen-bond acceptors (Lipinski definition) is 2. The van der Waals surface area contributed by atoms with Crippen LogP contribution in [0.15, 0.2) is 18.5 Å². The summed E-state index contributed by atoms with van der Waals surface area (Å²) in [6.45, 7) is 0. The van der Waals surface area contributed by atoms with Crippen molar-refractivity contribution in [1.29, 1.82) is 0 Å². The van der Waals surface area contributed by atoms with Crippen molar-refractivity contribution in [2.45, 2.75) is 0 Å². The van der Waals surface area contributed by atoms with E-state index in [9.17, 15) is 4.79 Å². The highest BCUT2D eigenvalue weighted by atomic mass is 35.5. The molecule has 1 heterocycles. The molecule has 0 spiro atoms. The van der Waals surface area contributed by atoms with Gasteiger partial charge in [-0.05, 0) is 17.7 Å². The fourth-order valence-electron chi connectivity index (χ4n) is 0.575. The van der Waals surface area contributed by atoms with E-state index in [4.69, 9.17) is 23.2 Å². The highest BCUT2D eigenvalue weighted by molar-refractivity contribution is 6.66. The number of nitrogens with one attached hydrogen (secondary N) is 1.